The molecule has 1 atom stereocenters. The maximum absolute atomic E-state index is 12.9. The smallest absolute Gasteiger partial charge is 0.241 e. The maximum atomic E-state index is 12.9. The minimum Gasteiger partial charge on any atom is -0.491 e. The molecule has 0 radical (unpaired) electrons. The summed E-state index contributed by atoms with van der Waals surface area (Å²) in [6, 6.07) is 14.1. The molecule has 5 nitrogen and oxygen atoms in total. The standard InChI is InChI=1S/C24H30N2O3/c1-18-8-9-21(14-19(18)2)29-17-24(28)11-5-12-25(16-24)15-23(27)26-13-10-20-6-3-4-7-22(20)26/h3-4,6-9,14,28H,5,10-13,15-17H2,1-2H3. The van der Waals surface area contributed by atoms with Crippen LogP contribution in [0.2, 0.25) is 0 Å². The number of anilines is 1. The Morgan fingerprint density at radius 2 is 1.97 bits per heavy atom. The SMILES string of the molecule is Cc1ccc(OCC2(O)CCCN(CC(=O)N3CCc4ccccc43)C2)cc1C. The van der Waals surface area contributed by atoms with E-state index in [0.29, 0.717) is 19.5 Å². The molecule has 2 aromatic carbocycles. The van der Waals surface area contributed by atoms with E-state index in [2.05, 4.69) is 24.8 Å². The maximum Gasteiger partial charge on any atom is 0.241 e. The Bertz CT molecular complexity index is 897. The lowest BCUT2D eigenvalue weighted by Gasteiger charge is -2.39. The van der Waals surface area contributed by atoms with Crippen LogP contribution in [0.25, 0.3) is 0 Å². The predicted molar refractivity (Wildman–Crippen MR) is 115 cm³/mol. The molecule has 0 spiro atoms. The van der Waals surface area contributed by atoms with Crippen LogP contribution in [0, 0.1) is 13.8 Å². The number of aryl methyl sites for hydroxylation is 2. The van der Waals surface area contributed by atoms with Crippen molar-refractivity contribution in [3.8, 4) is 5.75 Å². The van der Waals surface area contributed by atoms with Gasteiger partial charge in [-0.1, -0.05) is 24.3 Å². The lowest BCUT2D eigenvalue weighted by atomic mass is 9.93. The van der Waals surface area contributed by atoms with Crippen molar-refractivity contribution in [2.45, 2.75) is 38.7 Å². The van der Waals surface area contributed by atoms with Gasteiger partial charge in [0.15, 0.2) is 0 Å². The van der Waals surface area contributed by atoms with Crippen LogP contribution in [0.3, 0.4) is 0 Å². The number of aliphatic hydroxyl groups is 1. The van der Waals surface area contributed by atoms with E-state index in [4.69, 9.17) is 4.74 Å². The molecule has 29 heavy (non-hydrogen) atoms. The summed E-state index contributed by atoms with van der Waals surface area (Å²) in [5.74, 6) is 0.887. The molecule has 2 aromatic rings. The summed E-state index contributed by atoms with van der Waals surface area (Å²) in [5.41, 5.74) is 3.74. The third-order valence-electron chi connectivity index (χ3n) is 6.17. The van der Waals surface area contributed by atoms with Crippen molar-refractivity contribution in [1.82, 2.24) is 4.90 Å². The molecule has 1 N–H and O–H groups in total. The Labute approximate surface area is 172 Å². The summed E-state index contributed by atoms with van der Waals surface area (Å²) in [4.78, 5) is 16.9. The van der Waals surface area contributed by atoms with Gasteiger partial charge < -0.3 is 14.7 Å². The molecule has 0 aliphatic carbocycles. The molecule has 0 bridgehead atoms. The van der Waals surface area contributed by atoms with Crippen LogP contribution < -0.4 is 9.64 Å². The summed E-state index contributed by atoms with van der Waals surface area (Å²) < 4.78 is 5.91. The van der Waals surface area contributed by atoms with Gasteiger partial charge in [-0.05, 0) is 74.5 Å². The van der Waals surface area contributed by atoms with Gasteiger partial charge in [-0.25, -0.2) is 0 Å². The van der Waals surface area contributed by atoms with E-state index in [1.54, 1.807) is 0 Å². The molecule has 2 aliphatic rings. The molecule has 154 valence electrons. The molecule has 2 heterocycles. The first kappa shape index (κ1) is 19.9. The minimum atomic E-state index is -0.930. The fraction of sp³-hybridized carbons (Fsp3) is 0.458. The third kappa shape index (κ3) is 4.46. The van der Waals surface area contributed by atoms with Crippen molar-refractivity contribution in [2.75, 3.05) is 37.7 Å². The van der Waals surface area contributed by atoms with Gasteiger partial charge in [-0.15, -0.1) is 0 Å². The Balaban J connectivity index is 1.35. The zero-order chi connectivity index (χ0) is 20.4. The number of nitrogens with zero attached hydrogens (tertiary/aromatic N) is 2. The molecule has 1 amide bonds. The predicted octanol–water partition coefficient (Wildman–Crippen LogP) is 3.10. The van der Waals surface area contributed by atoms with Crippen molar-refractivity contribution in [2.24, 2.45) is 0 Å². The van der Waals surface area contributed by atoms with Crippen LogP contribution in [0.4, 0.5) is 5.69 Å². The zero-order valence-corrected chi connectivity index (χ0v) is 17.4. The summed E-state index contributed by atoms with van der Waals surface area (Å²) >= 11 is 0. The van der Waals surface area contributed by atoms with Gasteiger partial charge in [0.25, 0.3) is 0 Å². The molecular formula is C24H30N2O3. The van der Waals surface area contributed by atoms with Crippen LogP contribution in [0.5, 0.6) is 5.75 Å². The van der Waals surface area contributed by atoms with E-state index in [0.717, 1.165) is 37.4 Å². The van der Waals surface area contributed by atoms with Crippen molar-refractivity contribution in [3.05, 3.63) is 59.2 Å². The van der Waals surface area contributed by atoms with Crippen LogP contribution in [-0.2, 0) is 11.2 Å². The molecular weight excluding hydrogens is 364 g/mol. The number of benzene rings is 2. The summed E-state index contributed by atoms with van der Waals surface area (Å²) in [6.45, 7) is 6.73. The molecule has 1 fully saturated rings. The van der Waals surface area contributed by atoms with Gasteiger partial charge in [-0.3, -0.25) is 9.69 Å². The number of β-amino-alcohol motifs (C(OH)–C–C–N with tert-alkyl or cyclic N) is 1. The van der Waals surface area contributed by atoms with Gasteiger partial charge in [0, 0.05) is 18.8 Å². The quantitative estimate of drug-likeness (QED) is 0.847. The third-order valence-corrected chi connectivity index (χ3v) is 6.17. The van der Waals surface area contributed by atoms with Crippen LogP contribution in [0.15, 0.2) is 42.5 Å². The number of carbonyl (C=O) groups is 1. The second-order valence-electron chi connectivity index (χ2n) is 8.50. The highest BCUT2D eigenvalue weighted by Crippen LogP contribution is 2.28. The molecule has 5 heteroatoms. The van der Waals surface area contributed by atoms with E-state index in [1.165, 1.54) is 16.7 Å². The highest BCUT2D eigenvalue weighted by Gasteiger charge is 2.36. The highest BCUT2D eigenvalue weighted by atomic mass is 16.5. The highest BCUT2D eigenvalue weighted by molar-refractivity contribution is 5.96. The zero-order valence-electron chi connectivity index (χ0n) is 17.4. The Morgan fingerprint density at radius 3 is 2.79 bits per heavy atom. The van der Waals surface area contributed by atoms with Crippen LogP contribution in [0.1, 0.15) is 29.5 Å². The first-order valence-electron chi connectivity index (χ1n) is 10.5. The van der Waals surface area contributed by atoms with Crippen molar-refractivity contribution in [1.29, 1.82) is 0 Å². The number of ether oxygens (including phenoxy) is 1. The van der Waals surface area contributed by atoms with E-state index >= 15 is 0 Å². The lowest BCUT2D eigenvalue weighted by molar-refractivity contribution is -0.122. The Kier molecular flexibility index (Phi) is 5.61. The second kappa shape index (κ2) is 8.17. The average Bonchev–Trinajstić information content (AvgIpc) is 3.13. The molecule has 0 aromatic heterocycles. The number of hydrogen-bond acceptors (Lipinski definition) is 4. The van der Waals surface area contributed by atoms with Gasteiger partial charge in [0.1, 0.15) is 18.0 Å². The largest absolute Gasteiger partial charge is 0.491 e. The molecule has 1 saturated heterocycles. The number of carbonyl (C=O) groups excluding carboxylic acids is 1. The fourth-order valence-electron chi connectivity index (χ4n) is 4.35. The van der Waals surface area contributed by atoms with Gasteiger partial charge in [-0.2, -0.15) is 0 Å². The molecule has 1 unspecified atom stereocenters. The minimum absolute atomic E-state index is 0.106. The number of likely N-dealkylation sites (tertiary alicyclic amines) is 1. The van der Waals surface area contributed by atoms with Gasteiger partial charge in [0.05, 0.1) is 6.54 Å². The van der Waals surface area contributed by atoms with Crippen LogP contribution in [-0.4, -0.2) is 54.3 Å². The fourth-order valence-corrected chi connectivity index (χ4v) is 4.35. The molecule has 2 aliphatic heterocycles. The van der Waals surface area contributed by atoms with E-state index in [1.807, 2.05) is 41.3 Å². The van der Waals surface area contributed by atoms with Gasteiger partial charge in [0.2, 0.25) is 5.91 Å². The molecule has 4 rings (SSSR count). The van der Waals surface area contributed by atoms with Crippen LogP contribution >= 0.6 is 0 Å². The lowest BCUT2D eigenvalue weighted by Crippen LogP contribution is -2.54. The molecule has 0 saturated carbocycles. The first-order chi connectivity index (χ1) is 13.9. The summed E-state index contributed by atoms with van der Waals surface area (Å²) in [6.07, 6.45) is 2.46. The second-order valence-corrected chi connectivity index (χ2v) is 8.50. The summed E-state index contributed by atoms with van der Waals surface area (Å²) in [7, 11) is 0. The number of hydrogen-bond donors (Lipinski definition) is 1. The number of fused-ring (bicyclic) bond motifs is 1. The number of para-hydroxylation sites is 1. The van der Waals surface area contributed by atoms with Crippen molar-refractivity contribution >= 4 is 11.6 Å². The van der Waals surface area contributed by atoms with Crippen molar-refractivity contribution in [3.63, 3.8) is 0 Å². The van der Waals surface area contributed by atoms with E-state index in [9.17, 15) is 9.90 Å². The topological polar surface area (TPSA) is 53.0 Å². The Morgan fingerprint density at radius 1 is 1.14 bits per heavy atom. The van der Waals surface area contributed by atoms with E-state index in [-0.39, 0.29) is 12.5 Å². The average molecular weight is 395 g/mol. The van der Waals surface area contributed by atoms with E-state index < -0.39 is 5.60 Å². The number of rotatable bonds is 5. The number of amides is 1. The van der Waals surface area contributed by atoms with Gasteiger partial charge >= 0.3 is 0 Å². The summed E-state index contributed by atoms with van der Waals surface area (Å²) in [5, 5.41) is 11.1. The normalized spacial score (nSPS) is 21.8. The monoisotopic (exact) mass is 394 g/mol. The van der Waals surface area contributed by atoms with Crippen molar-refractivity contribution < 1.29 is 14.6 Å². The number of piperidine rings is 1. The Hall–Kier alpha value is -2.37. The first-order valence-corrected chi connectivity index (χ1v) is 10.5.